The van der Waals surface area contributed by atoms with E-state index >= 15 is 0 Å². The molecule has 2 aromatic carbocycles. The summed E-state index contributed by atoms with van der Waals surface area (Å²) in [5.74, 6) is 0.289. The van der Waals surface area contributed by atoms with Crippen LogP contribution in [0.15, 0.2) is 54.6 Å². The van der Waals surface area contributed by atoms with E-state index in [2.05, 4.69) is 4.74 Å². The molecular weight excluding hydrogens is 240 g/mol. The van der Waals surface area contributed by atoms with Gasteiger partial charge in [0.25, 0.3) is 0 Å². The third-order valence-electron chi connectivity index (χ3n) is 2.84. The first-order valence-electron chi connectivity index (χ1n) is 6.10. The van der Waals surface area contributed by atoms with Crippen LogP contribution in [0.2, 0.25) is 0 Å². The van der Waals surface area contributed by atoms with Crippen LogP contribution in [0.5, 0.6) is 5.75 Å². The summed E-state index contributed by atoms with van der Waals surface area (Å²) in [6.45, 7) is 1.97. The lowest BCUT2D eigenvalue weighted by Gasteiger charge is -2.15. The lowest BCUT2D eigenvalue weighted by molar-refractivity contribution is 0.0600. The van der Waals surface area contributed by atoms with Crippen molar-refractivity contribution in [2.24, 2.45) is 0 Å². The van der Waals surface area contributed by atoms with E-state index in [1.807, 2.05) is 43.3 Å². The summed E-state index contributed by atoms with van der Waals surface area (Å²) in [6, 6.07) is 16.9. The Balaban J connectivity index is 2.13. The van der Waals surface area contributed by atoms with Gasteiger partial charge in [-0.1, -0.05) is 36.4 Å². The predicted molar refractivity (Wildman–Crippen MR) is 73.3 cm³/mol. The second-order valence-corrected chi connectivity index (χ2v) is 4.19. The summed E-state index contributed by atoms with van der Waals surface area (Å²) in [5.41, 5.74) is 1.58. The van der Waals surface area contributed by atoms with Crippen LogP contribution < -0.4 is 4.74 Å². The van der Waals surface area contributed by atoms with Gasteiger partial charge in [-0.15, -0.1) is 0 Å². The zero-order chi connectivity index (χ0) is 13.7. The fourth-order valence-electron chi connectivity index (χ4n) is 1.81. The van der Waals surface area contributed by atoms with Gasteiger partial charge >= 0.3 is 5.97 Å². The van der Waals surface area contributed by atoms with Gasteiger partial charge in [-0.2, -0.15) is 0 Å². The molecule has 0 saturated carbocycles. The maximum Gasteiger partial charge on any atom is 0.337 e. The molecule has 1 atom stereocenters. The second-order valence-electron chi connectivity index (χ2n) is 4.19. The van der Waals surface area contributed by atoms with E-state index in [0.717, 1.165) is 5.56 Å². The molecule has 0 aromatic heterocycles. The molecule has 19 heavy (non-hydrogen) atoms. The van der Waals surface area contributed by atoms with E-state index in [0.29, 0.717) is 11.3 Å². The predicted octanol–water partition coefficient (Wildman–Crippen LogP) is 3.61. The Morgan fingerprint density at radius 2 is 1.79 bits per heavy atom. The van der Waals surface area contributed by atoms with E-state index < -0.39 is 0 Å². The van der Waals surface area contributed by atoms with E-state index in [-0.39, 0.29) is 12.1 Å². The zero-order valence-corrected chi connectivity index (χ0v) is 11.0. The van der Waals surface area contributed by atoms with Gasteiger partial charge < -0.3 is 9.47 Å². The number of rotatable bonds is 4. The fourth-order valence-corrected chi connectivity index (χ4v) is 1.81. The molecule has 0 radical (unpaired) electrons. The van der Waals surface area contributed by atoms with Gasteiger partial charge in [-0.05, 0) is 30.7 Å². The summed E-state index contributed by atoms with van der Waals surface area (Å²) >= 11 is 0. The minimum absolute atomic E-state index is 0.0749. The molecular formula is C16H16O3. The molecule has 0 aliphatic carbocycles. The van der Waals surface area contributed by atoms with Crippen molar-refractivity contribution < 1.29 is 14.3 Å². The average Bonchev–Trinajstić information content (AvgIpc) is 2.47. The quantitative estimate of drug-likeness (QED) is 0.784. The highest BCUT2D eigenvalue weighted by molar-refractivity contribution is 5.89. The van der Waals surface area contributed by atoms with Crippen LogP contribution in [0.1, 0.15) is 28.9 Å². The van der Waals surface area contributed by atoms with E-state index in [9.17, 15) is 4.79 Å². The maximum absolute atomic E-state index is 11.4. The van der Waals surface area contributed by atoms with Crippen molar-refractivity contribution in [3.63, 3.8) is 0 Å². The standard InChI is InChI=1S/C16H16O3/c1-12(13-7-4-3-5-8-13)19-15-10-6-9-14(11-15)16(17)18-2/h3-12H,1-2H3. The molecule has 2 aromatic rings. The van der Waals surface area contributed by atoms with Gasteiger partial charge in [0.05, 0.1) is 12.7 Å². The Hall–Kier alpha value is -2.29. The van der Waals surface area contributed by atoms with Crippen molar-refractivity contribution in [1.29, 1.82) is 0 Å². The number of esters is 1. The molecule has 3 nitrogen and oxygen atoms in total. The average molecular weight is 256 g/mol. The van der Waals surface area contributed by atoms with Crippen LogP contribution in [-0.2, 0) is 4.74 Å². The van der Waals surface area contributed by atoms with Crippen LogP contribution in [0.4, 0.5) is 0 Å². The first-order valence-corrected chi connectivity index (χ1v) is 6.10. The molecule has 1 unspecified atom stereocenters. The summed E-state index contributed by atoms with van der Waals surface area (Å²) in [6.07, 6.45) is -0.0749. The molecule has 0 aliphatic rings. The number of hydrogen-bond acceptors (Lipinski definition) is 3. The Labute approximate surface area is 112 Å². The molecule has 0 N–H and O–H groups in total. The second kappa shape index (κ2) is 6.05. The molecule has 0 heterocycles. The van der Waals surface area contributed by atoms with Crippen LogP contribution in [-0.4, -0.2) is 13.1 Å². The molecule has 0 bridgehead atoms. The molecule has 0 saturated heterocycles. The number of hydrogen-bond donors (Lipinski definition) is 0. The van der Waals surface area contributed by atoms with Crippen LogP contribution in [0.25, 0.3) is 0 Å². The normalized spacial score (nSPS) is 11.7. The molecule has 0 aliphatic heterocycles. The van der Waals surface area contributed by atoms with E-state index in [4.69, 9.17) is 4.74 Å². The first kappa shape index (κ1) is 13.1. The van der Waals surface area contributed by atoms with Crippen molar-refractivity contribution >= 4 is 5.97 Å². The number of methoxy groups -OCH3 is 1. The van der Waals surface area contributed by atoms with Crippen molar-refractivity contribution in [3.05, 3.63) is 65.7 Å². The summed E-state index contributed by atoms with van der Waals surface area (Å²) in [7, 11) is 1.36. The summed E-state index contributed by atoms with van der Waals surface area (Å²) < 4.78 is 10.5. The van der Waals surface area contributed by atoms with Crippen LogP contribution >= 0.6 is 0 Å². The monoisotopic (exact) mass is 256 g/mol. The molecule has 3 heteroatoms. The van der Waals surface area contributed by atoms with Gasteiger partial charge in [0, 0.05) is 0 Å². The van der Waals surface area contributed by atoms with Crippen LogP contribution in [0.3, 0.4) is 0 Å². The van der Waals surface area contributed by atoms with Crippen molar-refractivity contribution in [2.45, 2.75) is 13.0 Å². The third-order valence-corrected chi connectivity index (χ3v) is 2.84. The minimum Gasteiger partial charge on any atom is -0.486 e. The SMILES string of the molecule is COC(=O)c1cccc(OC(C)c2ccccc2)c1. The van der Waals surface area contributed by atoms with Crippen molar-refractivity contribution in [2.75, 3.05) is 7.11 Å². The third kappa shape index (κ3) is 3.35. The van der Waals surface area contributed by atoms with E-state index in [1.165, 1.54) is 7.11 Å². The van der Waals surface area contributed by atoms with Crippen LogP contribution in [0, 0.1) is 0 Å². The van der Waals surface area contributed by atoms with Gasteiger partial charge in [0.15, 0.2) is 0 Å². The van der Waals surface area contributed by atoms with Gasteiger partial charge in [-0.25, -0.2) is 4.79 Å². The minimum atomic E-state index is -0.363. The maximum atomic E-state index is 11.4. The molecule has 98 valence electrons. The van der Waals surface area contributed by atoms with Crippen molar-refractivity contribution in [3.8, 4) is 5.75 Å². The topological polar surface area (TPSA) is 35.5 Å². The lowest BCUT2D eigenvalue weighted by Crippen LogP contribution is -2.05. The lowest BCUT2D eigenvalue weighted by atomic mass is 10.1. The number of ether oxygens (including phenoxy) is 2. The van der Waals surface area contributed by atoms with Gasteiger partial charge in [0.1, 0.15) is 11.9 Å². The number of benzene rings is 2. The highest BCUT2D eigenvalue weighted by atomic mass is 16.5. The molecule has 0 fully saturated rings. The highest BCUT2D eigenvalue weighted by Crippen LogP contribution is 2.22. The highest BCUT2D eigenvalue weighted by Gasteiger charge is 2.09. The Morgan fingerprint density at radius 3 is 2.47 bits per heavy atom. The Morgan fingerprint density at radius 1 is 1.05 bits per heavy atom. The molecule has 0 amide bonds. The Bertz CT molecular complexity index is 549. The summed E-state index contributed by atoms with van der Waals surface area (Å²) in [4.78, 5) is 11.4. The van der Waals surface area contributed by atoms with Crippen molar-refractivity contribution in [1.82, 2.24) is 0 Å². The molecule has 2 rings (SSSR count). The zero-order valence-electron chi connectivity index (χ0n) is 11.0. The largest absolute Gasteiger partial charge is 0.486 e. The fraction of sp³-hybridized carbons (Fsp3) is 0.188. The number of carbonyl (C=O) groups excluding carboxylic acids is 1. The number of carbonyl (C=O) groups is 1. The molecule has 0 spiro atoms. The van der Waals surface area contributed by atoms with Gasteiger partial charge in [0.2, 0.25) is 0 Å². The van der Waals surface area contributed by atoms with E-state index in [1.54, 1.807) is 18.2 Å². The first-order chi connectivity index (χ1) is 9.20. The Kier molecular flexibility index (Phi) is 4.18. The summed E-state index contributed by atoms with van der Waals surface area (Å²) in [5, 5.41) is 0. The smallest absolute Gasteiger partial charge is 0.337 e. The van der Waals surface area contributed by atoms with Gasteiger partial charge in [-0.3, -0.25) is 0 Å².